The monoisotopic (exact) mass is 389 g/mol. The summed E-state index contributed by atoms with van der Waals surface area (Å²) in [6.45, 7) is 3.47. The molecule has 0 N–H and O–H groups in total. The molecule has 19 heavy (non-hydrogen) atoms. The zero-order valence-corrected chi connectivity index (χ0v) is 12.3. The first-order valence-corrected chi connectivity index (χ1v) is 6.38. The Balaban J connectivity index is 2.94. The van der Waals surface area contributed by atoms with Gasteiger partial charge in [-0.3, -0.25) is 4.79 Å². The van der Waals surface area contributed by atoms with Crippen LogP contribution in [-0.4, -0.2) is 23.9 Å². The molecule has 0 atom stereocenters. The molecule has 0 unspecified atom stereocenters. The van der Waals surface area contributed by atoms with E-state index in [0.717, 1.165) is 0 Å². The van der Waals surface area contributed by atoms with Gasteiger partial charge in [-0.05, 0) is 48.1 Å². The van der Waals surface area contributed by atoms with E-state index in [2.05, 4.69) is 9.72 Å². The van der Waals surface area contributed by atoms with Crippen LogP contribution >= 0.6 is 22.6 Å². The topological polar surface area (TPSA) is 48.4 Å². The third-order valence-corrected chi connectivity index (χ3v) is 2.85. The molecule has 4 nitrogen and oxygen atoms in total. The first-order chi connectivity index (χ1) is 8.73. The number of hydrogen-bond acceptors (Lipinski definition) is 4. The molecule has 0 aromatic carbocycles. The van der Waals surface area contributed by atoms with Crippen molar-refractivity contribution in [1.29, 1.82) is 0 Å². The second kappa shape index (κ2) is 6.40. The molecule has 0 radical (unpaired) electrons. The molecule has 0 amide bonds. The summed E-state index contributed by atoms with van der Waals surface area (Å²) in [5, 5.41) is 0. The Bertz CT molecular complexity index is 477. The van der Waals surface area contributed by atoms with Crippen LogP contribution in [0.5, 0.6) is 5.75 Å². The lowest BCUT2D eigenvalue weighted by molar-refractivity contribution is -0.275. The lowest BCUT2D eigenvalue weighted by Crippen LogP contribution is -2.19. The third kappa shape index (κ3) is 5.21. The molecule has 1 aromatic heterocycles. The van der Waals surface area contributed by atoms with Gasteiger partial charge >= 0.3 is 12.3 Å². The van der Waals surface area contributed by atoms with Crippen molar-refractivity contribution in [3.8, 4) is 5.75 Å². The highest BCUT2D eigenvalue weighted by molar-refractivity contribution is 14.1. The summed E-state index contributed by atoms with van der Waals surface area (Å²) in [6, 6.07) is 1.21. The van der Waals surface area contributed by atoms with Crippen molar-refractivity contribution in [2.75, 3.05) is 6.61 Å². The summed E-state index contributed by atoms with van der Waals surface area (Å²) < 4.78 is 45.0. The third-order valence-electron chi connectivity index (χ3n) is 2.08. The molecule has 0 saturated heterocycles. The van der Waals surface area contributed by atoms with E-state index < -0.39 is 12.3 Å². The first kappa shape index (κ1) is 16.0. The maximum Gasteiger partial charge on any atom is 0.573 e. The number of esters is 1. The van der Waals surface area contributed by atoms with Gasteiger partial charge in [-0.25, -0.2) is 4.98 Å². The summed E-state index contributed by atoms with van der Waals surface area (Å²) in [5.41, 5.74) is 0.810. The van der Waals surface area contributed by atoms with Crippen molar-refractivity contribution >= 4 is 28.6 Å². The van der Waals surface area contributed by atoms with E-state index in [9.17, 15) is 18.0 Å². The highest BCUT2D eigenvalue weighted by Gasteiger charge is 2.32. The van der Waals surface area contributed by atoms with Crippen molar-refractivity contribution in [3.63, 3.8) is 0 Å². The Kier molecular flexibility index (Phi) is 5.39. The largest absolute Gasteiger partial charge is 0.573 e. The van der Waals surface area contributed by atoms with Gasteiger partial charge in [0.05, 0.1) is 18.7 Å². The van der Waals surface area contributed by atoms with Gasteiger partial charge in [-0.15, -0.1) is 13.2 Å². The molecule has 1 aromatic rings. The van der Waals surface area contributed by atoms with Crippen molar-refractivity contribution < 1.29 is 27.4 Å². The predicted octanol–water partition coefficient (Wildman–Crippen LogP) is 3.00. The average Bonchev–Trinajstić information content (AvgIpc) is 2.23. The minimum absolute atomic E-state index is 0.0415. The second-order valence-electron chi connectivity index (χ2n) is 3.57. The maximum atomic E-state index is 12.1. The SMILES string of the molecule is CCOC(=O)Cc1nc(I)c(OC(F)(F)F)cc1C. The molecule has 8 heteroatoms. The van der Waals surface area contributed by atoms with Gasteiger partial charge in [0.15, 0.2) is 5.75 Å². The molecular formula is C11H11F3INO3. The number of carbonyl (C=O) groups excluding carboxylic acids is 1. The molecule has 0 fully saturated rings. The van der Waals surface area contributed by atoms with Crippen LogP contribution < -0.4 is 4.74 Å². The van der Waals surface area contributed by atoms with E-state index in [-0.39, 0.29) is 22.5 Å². The number of aromatic nitrogens is 1. The number of hydrogen-bond donors (Lipinski definition) is 0. The second-order valence-corrected chi connectivity index (χ2v) is 4.59. The normalized spacial score (nSPS) is 11.3. The van der Waals surface area contributed by atoms with Crippen LogP contribution in [0.25, 0.3) is 0 Å². The van der Waals surface area contributed by atoms with Gasteiger partial charge in [-0.1, -0.05) is 0 Å². The maximum absolute atomic E-state index is 12.1. The molecule has 1 heterocycles. The fourth-order valence-electron chi connectivity index (χ4n) is 1.33. The summed E-state index contributed by atoms with van der Waals surface area (Å²) in [6.07, 6.45) is -4.85. The summed E-state index contributed by atoms with van der Waals surface area (Å²) in [5.74, 6) is -0.850. The van der Waals surface area contributed by atoms with Gasteiger partial charge in [0.1, 0.15) is 3.70 Å². The van der Waals surface area contributed by atoms with E-state index >= 15 is 0 Å². The van der Waals surface area contributed by atoms with Crippen LogP contribution in [0.1, 0.15) is 18.2 Å². The number of alkyl halides is 3. The fraction of sp³-hybridized carbons (Fsp3) is 0.455. The summed E-state index contributed by atoms with van der Waals surface area (Å²) in [4.78, 5) is 15.3. The van der Waals surface area contributed by atoms with E-state index in [1.807, 2.05) is 0 Å². The zero-order valence-electron chi connectivity index (χ0n) is 10.2. The van der Waals surface area contributed by atoms with Crippen LogP contribution in [0.2, 0.25) is 0 Å². The number of aryl methyl sites for hydroxylation is 1. The van der Waals surface area contributed by atoms with Gasteiger partial charge in [0.25, 0.3) is 0 Å². The van der Waals surface area contributed by atoms with Crippen LogP contribution in [-0.2, 0) is 16.0 Å². The Morgan fingerprint density at radius 1 is 1.47 bits per heavy atom. The standard InChI is InChI=1S/C11H11F3INO3/c1-3-18-9(17)5-7-6(2)4-8(10(15)16-7)19-11(12,13)14/h4H,3,5H2,1-2H3. The van der Waals surface area contributed by atoms with Crippen molar-refractivity contribution in [2.24, 2.45) is 0 Å². The van der Waals surface area contributed by atoms with Crippen molar-refractivity contribution in [2.45, 2.75) is 26.6 Å². The molecule has 0 saturated carbocycles. The molecule has 1 rings (SSSR count). The van der Waals surface area contributed by atoms with E-state index in [1.165, 1.54) is 6.07 Å². The lowest BCUT2D eigenvalue weighted by atomic mass is 10.1. The minimum Gasteiger partial charge on any atom is -0.466 e. The van der Waals surface area contributed by atoms with Crippen molar-refractivity contribution in [3.05, 3.63) is 21.0 Å². The number of rotatable bonds is 4. The van der Waals surface area contributed by atoms with Crippen LogP contribution in [0.4, 0.5) is 13.2 Å². The van der Waals surface area contributed by atoms with Gasteiger partial charge < -0.3 is 9.47 Å². The fourth-order valence-corrected chi connectivity index (χ4v) is 1.88. The van der Waals surface area contributed by atoms with Gasteiger partial charge in [0, 0.05) is 0 Å². The number of pyridine rings is 1. The minimum atomic E-state index is -4.77. The van der Waals surface area contributed by atoms with E-state index in [1.54, 1.807) is 36.4 Å². The highest BCUT2D eigenvalue weighted by atomic mass is 127. The number of ether oxygens (including phenoxy) is 2. The molecule has 0 aliphatic rings. The molecule has 106 valence electrons. The highest BCUT2D eigenvalue weighted by Crippen LogP contribution is 2.28. The summed E-state index contributed by atoms with van der Waals surface area (Å²) in [7, 11) is 0. The Hall–Kier alpha value is -1.06. The summed E-state index contributed by atoms with van der Waals surface area (Å²) >= 11 is 1.62. The van der Waals surface area contributed by atoms with Crippen LogP contribution in [0.3, 0.4) is 0 Å². The zero-order chi connectivity index (χ0) is 14.6. The van der Waals surface area contributed by atoms with Gasteiger partial charge in [0.2, 0.25) is 0 Å². The first-order valence-electron chi connectivity index (χ1n) is 5.30. The molecule has 0 aliphatic heterocycles. The van der Waals surface area contributed by atoms with E-state index in [0.29, 0.717) is 11.3 Å². The lowest BCUT2D eigenvalue weighted by Gasteiger charge is -2.12. The van der Waals surface area contributed by atoms with Gasteiger partial charge in [-0.2, -0.15) is 0 Å². The quantitative estimate of drug-likeness (QED) is 0.452. The smallest absolute Gasteiger partial charge is 0.466 e. The average molecular weight is 389 g/mol. The van der Waals surface area contributed by atoms with Crippen LogP contribution in [0, 0.1) is 10.6 Å². The Morgan fingerprint density at radius 3 is 2.63 bits per heavy atom. The molecule has 0 aliphatic carbocycles. The number of halogens is 4. The Morgan fingerprint density at radius 2 is 2.11 bits per heavy atom. The molecular weight excluding hydrogens is 378 g/mol. The Labute approximate surface area is 121 Å². The van der Waals surface area contributed by atoms with Crippen LogP contribution in [0.15, 0.2) is 6.07 Å². The molecule has 0 spiro atoms. The van der Waals surface area contributed by atoms with E-state index in [4.69, 9.17) is 4.74 Å². The molecule has 0 bridgehead atoms. The number of carbonyl (C=O) groups is 1. The predicted molar refractivity (Wildman–Crippen MR) is 68.7 cm³/mol. The van der Waals surface area contributed by atoms with Crippen molar-refractivity contribution in [1.82, 2.24) is 4.98 Å². The number of nitrogens with zero attached hydrogens (tertiary/aromatic N) is 1.